The topological polar surface area (TPSA) is 54.0 Å². The van der Waals surface area contributed by atoms with Crippen LogP contribution in [0.2, 0.25) is 0 Å². The lowest BCUT2D eigenvalue weighted by molar-refractivity contribution is -0.130. The molecule has 0 aliphatic heterocycles. The van der Waals surface area contributed by atoms with E-state index in [1.807, 2.05) is 92.7 Å². The molecule has 0 radical (unpaired) electrons. The minimum absolute atomic E-state index is 0.0179. The van der Waals surface area contributed by atoms with Crippen molar-refractivity contribution < 1.29 is 23.7 Å². The van der Waals surface area contributed by atoms with Crippen LogP contribution in [0, 0.1) is 0 Å². The molecule has 5 heteroatoms. The molecule has 174 valence electrons. The van der Waals surface area contributed by atoms with Gasteiger partial charge in [0.15, 0.2) is 5.78 Å². The van der Waals surface area contributed by atoms with Crippen LogP contribution < -0.4 is 14.2 Å². The Balaban J connectivity index is 1.35. The molecule has 0 bridgehead atoms. The molecule has 0 unspecified atom stereocenters. The largest absolute Gasteiger partial charge is 0.493 e. The van der Waals surface area contributed by atoms with E-state index < -0.39 is 6.10 Å². The van der Waals surface area contributed by atoms with Crippen LogP contribution in [0.25, 0.3) is 0 Å². The van der Waals surface area contributed by atoms with Crippen molar-refractivity contribution in [3.05, 3.63) is 84.4 Å². The van der Waals surface area contributed by atoms with Crippen LogP contribution in [0.15, 0.2) is 78.9 Å². The predicted octanol–water partition coefficient (Wildman–Crippen LogP) is 6.25. The average Bonchev–Trinajstić information content (AvgIpc) is 2.81. The normalized spacial score (nSPS) is 11.8. The fourth-order valence-corrected chi connectivity index (χ4v) is 3.22. The summed E-state index contributed by atoms with van der Waals surface area (Å²) in [6.07, 6.45) is 0.937. The van der Waals surface area contributed by atoms with Gasteiger partial charge in [-0.2, -0.15) is 0 Å². The molecule has 0 aromatic heterocycles. The molecule has 33 heavy (non-hydrogen) atoms. The number of hydrogen-bond donors (Lipinski definition) is 0. The summed E-state index contributed by atoms with van der Waals surface area (Å²) >= 11 is 0. The summed E-state index contributed by atoms with van der Waals surface area (Å²) in [4.78, 5) is 11.8. The van der Waals surface area contributed by atoms with Crippen molar-refractivity contribution in [1.82, 2.24) is 0 Å². The van der Waals surface area contributed by atoms with Crippen LogP contribution in [0.3, 0.4) is 0 Å². The third kappa shape index (κ3) is 8.62. The number of Topliss-reactive ketones (excluding diaryl/α,β-unsaturated/α-hetero) is 1. The Kier molecular flexibility index (Phi) is 9.33. The van der Waals surface area contributed by atoms with Crippen molar-refractivity contribution in [3.8, 4) is 23.0 Å². The third-order valence-corrected chi connectivity index (χ3v) is 4.86. The van der Waals surface area contributed by atoms with Gasteiger partial charge >= 0.3 is 0 Å². The van der Waals surface area contributed by atoms with Crippen LogP contribution >= 0.6 is 0 Å². The number of benzene rings is 3. The second-order valence-corrected chi connectivity index (χ2v) is 8.07. The Morgan fingerprint density at radius 1 is 0.727 bits per heavy atom. The Labute approximate surface area is 196 Å². The van der Waals surface area contributed by atoms with E-state index in [-0.39, 0.29) is 11.9 Å². The van der Waals surface area contributed by atoms with Crippen molar-refractivity contribution in [2.75, 3.05) is 13.2 Å². The maximum absolute atomic E-state index is 11.8. The molecule has 0 spiro atoms. The predicted molar refractivity (Wildman–Crippen MR) is 129 cm³/mol. The summed E-state index contributed by atoms with van der Waals surface area (Å²) in [7, 11) is 0. The highest BCUT2D eigenvalue weighted by molar-refractivity contribution is 5.80. The number of rotatable bonds is 13. The zero-order chi connectivity index (χ0) is 23.5. The molecule has 0 heterocycles. The molecule has 0 fully saturated rings. The van der Waals surface area contributed by atoms with Gasteiger partial charge in [0.05, 0.1) is 19.3 Å². The minimum atomic E-state index is -0.409. The number of ether oxygens (including phenoxy) is 4. The van der Waals surface area contributed by atoms with E-state index in [1.54, 1.807) is 6.92 Å². The summed E-state index contributed by atoms with van der Waals surface area (Å²) in [5.41, 5.74) is 1.05. The molecule has 0 N–H and O–H groups in total. The molecular formula is C28H32O5. The Morgan fingerprint density at radius 2 is 1.24 bits per heavy atom. The average molecular weight is 449 g/mol. The van der Waals surface area contributed by atoms with Gasteiger partial charge in [0.2, 0.25) is 0 Å². The highest BCUT2D eigenvalue weighted by Crippen LogP contribution is 2.23. The first kappa shape index (κ1) is 24.3. The van der Waals surface area contributed by atoms with Crippen molar-refractivity contribution in [1.29, 1.82) is 0 Å². The number of ketones is 1. The maximum Gasteiger partial charge on any atom is 0.158 e. The number of carbonyl (C=O) groups excluding carboxylic acids is 1. The summed E-state index contributed by atoms with van der Waals surface area (Å²) in [6.45, 7) is 6.56. The van der Waals surface area contributed by atoms with Crippen molar-refractivity contribution in [2.24, 2.45) is 0 Å². The molecule has 0 aliphatic carbocycles. The number of hydrogen-bond acceptors (Lipinski definition) is 5. The molecule has 0 amide bonds. The standard InChI is InChI=1S/C28H32O5/c1-21(2)32-28(22(3)29)20-23-10-12-24(13-11-23)30-18-7-19-31-25-14-16-27(17-15-25)33-26-8-5-4-6-9-26/h4-6,8-17,21,28H,7,18-20H2,1-3H3/t28-/m0/s1. The smallest absolute Gasteiger partial charge is 0.158 e. The van der Waals surface area contributed by atoms with Gasteiger partial charge in [-0.05, 0) is 74.9 Å². The van der Waals surface area contributed by atoms with Crippen LogP contribution in [-0.4, -0.2) is 31.2 Å². The molecule has 0 saturated heterocycles. The first-order chi connectivity index (χ1) is 16.0. The quantitative estimate of drug-likeness (QED) is 0.289. The second-order valence-electron chi connectivity index (χ2n) is 8.07. The molecule has 5 nitrogen and oxygen atoms in total. The second kappa shape index (κ2) is 12.7. The van der Waals surface area contributed by atoms with E-state index >= 15 is 0 Å². The molecular weight excluding hydrogens is 416 g/mol. The SMILES string of the molecule is CC(=O)[C@H](Cc1ccc(OCCCOc2ccc(Oc3ccccc3)cc2)cc1)OC(C)C. The van der Waals surface area contributed by atoms with E-state index in [0.717, 1.165) is 35.0 Å². The molecule has 3 rings (SSSR count). The molecule has 3 aromatic carbocycles. The van der Waals surface area contributed by atoms with Crippen molar-refractivity contribution in [3.63, 3.8) is 0 Å². The van der Waals surface area contributed by atoms with Gasteiger partial charge in [-0.15, -0.1) is 0 Å². The van der Waals surface area contributed by atoms with Crippen LogP contribution in [-0.2, 0) is 16.0 Å². The van der Waals surface area contributed by atoms with E-state index in [1.165, 1.54) is 0 Å². The first-order valence-electron chi connectivity index (χ1n) is 11.3. The van der Waals surface area contributed by atoms with E-state index in [9.17, 15) is 4.79 Å². The highest BCUT2D eigenvalue weighted by Gasteiger charge is 2.17. The fraction of sp³-hybridized carbons (Fsp3) is 0.321. The zero-order valence-electron chi connectivity index (χ0n) is 19.5. The van der Waals surface area contributed by atoms with Crippen molar-refractivity contribution >= 4 is 5.78 Å². The highest BCUT2D eigenvalue weighted by atomic mass is 16.5. The van der Waals surface area contributed by atoms with Crippen LogP contribution in [0.1, 0.15) is 32.8 Å². The summed E-state index contributed by atoms with van der Waals surface area (Å²) in [5.74, 6) is 3.21. The number of para-hydroxylation sites is 1. The van der Waals surface area contributed by atoms with Crippen LogP contribution in [0.4, 0.5) is 0 Å². The zero-order valence-corrected chi connectivity index (χ0v) is 19.5. The molecule has 0 saturated carbocycles. The monoisotopic (exact) mass is 448 g/mol. The maximum atomic E-state index is 11.8. The van der Waals surface area contributed by atoms with Gasteiger partial charge in [-0.25, -0.2) is 0 Å². The first-order valence-corrected chi connectivity index (χ1v) is 11.3. The number of carbonyl (C=O) groups is 1. The van der Waals surface area contributed by atoms with E-state index in [2.05, 4.69) is 0 Å². The Hall–Kier alpha value is -3.31. The van der Waals surface area contributed by atoms with E-state index in [4.69, 9.17) is 18.9 Å². The summed E-state index contributed by atoms with van der Waals surface area (Å²) in [6, 6.07) is 25.1. The third-order valence-electron chi connectivity index (χ3n) is 4.86. The van der Waals surface area contributed by atoms with Gasteiger partial charge < -0.3 is 18.9 Å². The molecule has 3 aromatic rings. The van der Waals surface area contributed by atoms with E-state index in [0.29, 0.717) is 19.6 Å². The summed E-state index contributed by atoms with van der Waals surface area (Å²) < 4.78 is 23.1. The minimum Gasteiger partial charge on any atom is -0.493 e. The van der Waals surface area contributed by atoms with Crippen molar-refractivity contribution in [2.45, 2.75) is 45.8 Å². The Morgan fingerprint density at radius 3 is 1.79 bits per heavy atom. The lowest BCUT2D eigenvalue weighted by Crippen LogP contribution is -2.27. The molecule has 1 atom stereocenters. The van der Waals surface area contributed by atoms with Gasteiger partial charge in [0.25, 0.3) is 0 Å². The fourth-order valence-electron chi connectivity index (χ4n) is 3.22. The Bertz CT molecular complexity index is 965. The van der Waals surface area contributed by atoms with Gasteiger partial charge in [-0.1, -0.05) is 30.3 Å². The van der Waals surface area contributed by atoms with Gasteiger partial charge in [-0.3, -0.25) is 4.79 Å². The van der Waals surface area contributed by atoms with Gasteiger partial charge in [0.1, 0.15) is 29.1 Å². The summed E-state index contributed by atoms with van der Waals surface area (Å²) in [5, 5.41) is 0. The lowest BCUT2D eigenvalue weighted by atomic mass is 10.1. The van der Waals surface area contributed by atoms with Gasteiger partial charge in [0, 0.05) is 12.8 Å². The molecule has 0 aliphatic rings. The van der Waals surface area contributed by atoms with Crippen LogP contribution in [0.5, 0.6) is 23.0 Å². The lowest BCUT2D eigenvalue weighted by Gasteiger charge is -2.18.